The summed E-state index contributed by atoms with van der Waals surface area (Å²) in [6.07, 6.45) is 19.8. The predicted molar refractivity (Wildman–Crippen MR) is 128 cm³/mol. The first-order valence-corrected chi connectivity index (χ1v) is 10.3. The van der Waals surface area contributed by atoms with Gasteiger partial charge >= 0.3 is 0 Å². The lowest BCUT2D eigenvalue weighted by molar-refractivity contribution is -0.112. The second-order valence-electron chi connectivity index (χ2n) is 7.23. The summed E-state index contributed by atoms with van der Waals surface area (Å²) in [5.74, 6) is 0.506. The van der Waals surface area contributed by atoms with E-state index < -0.39 is 0 Å². The molecular formula is C26H23N5O. The molecule has 0 aliphatic heterocycles. The Labute approximate surface area is 187 Å². The molecule has 0 saturated heterocycles. The van der Waals surface area contributed by atoms with Crippen LogP contribution in [0.1, 0.15) is 18.5 Å². The molecule has 0 radical (unpaired) electrons. The number of allylic oxidation sites excluding steroid dienone is 6. The Kier molecular flexibility index (Phi) is 6.63. The van der Waals surface area contributed by atoms with E-state index >= 15 is 0 Å². The number of pyridine rings is 1. The lowest BCUT2D eigenvalue weighted by Gasteiger charge is -2.16. The Balaban J connectivity index is 1.46. The van der Waals surface area contributed by atoms with Crippen LogP contribution in [0.4, 0.5) is 11.5 Å². The molecule has 4 rings (SSSR count). The molecule has 2 aromatic heterocycles. The minimum atomic E-state index is -0.158. The zero-order chi connectivity index (χ0) is 22.2. The monoisotopic (exact) mass is 421 g/mol. The maximum absolute atomic E-state index is 12.6. The fourth-order valence-corrected chi connectivity index (χ4v) is 3.20. The molecule has 6 heteroatoms. The van der Waals surface area contributed by atoms with Crippen molar-refractivity contribution in [3.05, 3.63) is 115 Å². The number of hydrogen-bond donors (Lipinski definition) is 2. The number of carbonyl (C=O) groups excluding carboxylic acids is 1. The number of aromatic nitrogens is 3. The molecule has 158 valence electrons. The summed E-state index contributed by atoms with van der Waals surface area (Å²) >= 11 is 0. The molecule has 2 heterocycles. The van der Waals surface area contributed by atoms with Crippen molar-refractivity contribution in [3.8, 4) is 11.3 Å². The number of amides is 1. The van der Waals surface area contributed by atoms with Crippen molar-refractivity contribution in [3.63, 3.8) is 0 Å². The Morgan fingerprint density at radius 3 is 2.69 bits per heavy atom. The van der Waals surface area contributed by atoms with E-state index in [0.29, 0.717) is 11.4 Å². The van der Waals surface area contributed by atoms with E-state index in [1.54, 1.807) is 36.9 Å². The molecule has 6 nitrogen and oxygen atoms in total. The third-order valence-electron chi connectivity index (χ3n) is 4.86. The number of carbonyl (C=O) groups is 1. The number of hydrogen-bond acceptors (Lipinski definition) is 5. The lowest BCUT2D eigenvalue weighted by Crippen LogP contribution is -2.14. The van der Waals surface area contributed by atoms with Gasteiger partial charge in [-0.1, -0.05) is 42.5 Å². The van der Waals surface area contributed by atoms with Crippen LogP contribution in [-0.2, 0) is 4.79 Å². The van der Waals surface area contributed by atoms with E-state index in [4.69, 9.17) is 0 Å². The molecule has 0 fully saturated rings. The van der Waals surface area contributed by atoms with E-state index in [9.17, 15) is 4.79 Å². The lowest BCUT2D eigenvalue weighted by atomic mass is 10.1. The zero-order valence-corrected chi connectivity index (χ0v) is 17.6. The van der Waals surface area contributed by atoms with Gasteiger partial charge in [-0.05, 0) is 48.9 Å². The molecule has 32 heavy (non-hydrogen) atoms. The molecule has 0 bridgehead atoms. The van der Waals surface area contributed by atoms with Crippen LogP contribution in [0.5, 0.6) is 0 Å². The average molecular weight is 422 g/mol. The molecule has 1 aliphatic rings. The average Bonchev–Trinajstić information content (AvgIpc) is 2.80. The van der Waals surface area contributed by atoms with Crippen molar-refractivity contribution in [1.29, 1.82) is 0 Å². The molecule has 0 saturated carbocycles. The second kappa shape index (κ2) is 10.1. The predicted octanol–water partition coefficient (Wildman–Crippen LogP) is 5.26. The fourth-order valence-electron chi connectivity index (χ4n) is 3.20. The third-order valence-corrected chi connectivity index (χ3v) is 4.86. The third kappa shape index (κ3) is 5.43. The highest BCUT2D eigenvalue weighted by Crippen LogP contribution is 2.23. The summed E-state index contributed by atoms with van der Waals surface area (Å²) in [6.45, 7) is 2.04. The van der Waals surface area contributed by atoms with Crippen molar-refractivity contribution < 1.29 is 4.79 Å². The van der Waals surface area contributed by atoms with Crippen LogP contribution in [0, 0.1) is 0 Å². The molecular weight excluding hydrogens is 398 g/mol. The maximum Gasteiger partial charge on any atom is 0.255 e. The van der Waals surface area contributed by atoms with Crippen LogP contribution in [0.25, 0.3) is 11.3 Å². The minimum absolute atomic E-state index is 0.0427. The van der Waals surface area contributed by atoms with Gasteiger partial charge in [0.2, 0.25) is 0 Å². The summed E-state index contributed by atoms with van der Waals surface area (Å²) in [6, 6.07) is 11.5. The highest BCUT2D eigenvalue weighted by molar-refractivity contribution is 6.06. The van der Waals surface area contributed by atoms with Crippen LogP contribution in [-0.4, -0.2) is 20.9 Å². The van der Waals surface area contributed by atoms with Crippen molar-refractivity contribution in [2.24, 2.45) is 0 Å². The number of benzene rings is 1. The normalized spacial score (nSPS) is 18.2. The van der Waals surface area contributed by atoms with Crippen LogP contribution >= 0.6 is 0 Å². The first-order chi connectivity index (χ1) is 15.7. The Morgan fingerprint density at radius 2 is 1.81 bits per heavy atom. The molecule has 1 aliphatic carbocycles. The van der Waals surface area contributed by atoms with E-state index in [2.05, 4.69) is 25.6 Å². The fraction of sp³-hybridized carbons (Fsp3) is 0.0769. The Bertz CT molecular complexity index is 1210. The van der Waals surface area contributed by atoms with Gasteiger partial charge < -0.3 is 10.6 Å². The topological polar surface area (TPSA) is 79.8 Å². The van der Waals surface area contributed by atoms with Crippen molar-refractivity contribution in [1.82, 2.24) is 15.0 Å². The van der Waals surface area contributed by atoms with Gasteiger partial charge in [-0.3, -0.25) is 14.8 Å². The summed E-state index contributed by atoms with van der Waals surface area (Å²) in [5.41, 5.74) is 3.99. The van der Waals surface area contributed by atoms with Crippen molar-refractivity contribution in [2.75, 3.05) is 10.6 Å². The molecule has 0 spiro atoms. The van der Waals surface area contributed by atoms with Crippen LogP contribution in [0.2, 0.25) is 0 Å². The highest BCUT2D eigenvalue weighted by atomic mass is 16.1. The van der Waals surface area contributed by atoms with Crippen LogP contribution in [0.3, 0.4) is 0 Å². The van der Waals surface area contributed by atoms with E-state index in [-0.39, 0.29) is 11.9 Å². The van der Waals surface area contributed by atoms with Gasteiger partial charge in [-0.2, -0.15) is 0 Å². The van der Waals surface area contributed by atoms with Gasteiger partial charge in [0.1, 0.15) is 5.82 Å². The van der Waals surface area contributed by atoms with Crippen LogP contribution < -0.4 is 10.6 Å². The Morgan fingerprint density at radius 1 is 0.938 bits per heavy atom. The number of nitrogens with one attached hydrogen (secondary N) is 2. The van der Waals surface area contributed by atoms with Crippen LogP contribution in [0.15, 0.2) is 109 Å². The molecule has 0 unspecified atom stereocenters. The van der Waals surface area contributed by atoms with Crippen molar-refractivity contribution >= 4 is 17.4 Å². The highest BCUT2D eigenvalue weighted by Gasteiger charge is 2.11. The molecule has 1 aromatic carbocycles. The van der Waals surface area contributed by atoms with E-state index in [0.717, 1.165) is 22.5 Å². The zero-order valence-electron chi connectivity index (χ0n) is 17.6. The largest absolute Gasteiger partial charge is 0.362 e. The van der Waals surface area contributed by atoms with Gasteiger partial charge in [0.25, 0.3) is 5.91 Å². The molecule has 2 N–H and O–H groups in total. The summed E-state index contributed by atoms with van der Waals surface area (Å²) in [7, 11) is 0. The first-order valence-electron chi connectivity index (χ1n) is 10.3. The minimum Gasteiger partial charge on any atom is -0.362 e. The second-order valence-corrected chi connectivity index (χ2v) is 7.23. The number of rotatable bonds is 6. The van der Waals surface area contributed by atoms with Crippen molar-refractivity contribution in [2.45, 2.75) is 13.0 Å². The van der Waals surface area contributed by atoms with Gasteiger partial charge in [0, 0.05) is 29.2 Å². The van der Waals surface area contributed by atoms with Gasteiger partial charge in [-0.25, -0.2) is 4.98 Å². The molecule has 3 aromatic rings. The number of anilines is 2. The Hall–Kier alpha value is -4.32. The van der Waals surface area contributed by atoms with Gasteiger partial charge in [0.05, 0.1) is 24.1 Å². The van der Waals surface area contributed by atoms with E-state index in [1.807, 2.05) is 73.7 Å². The quantitative estimate of drug-likeness (QED) is 0.568. The van der Waals surface area contributed by atoms with Gasteiger partial charge in [0.15, 0.2) is 0 Å². The SMILES string of the molecule is C[C@H](Nc1cncc(-c2cccnc2)n1)c1cccc(NC(=O)C2=C/C=C/C=C/C=C\2)c1. The maximum atomic E-state index is 12.6. The smallest absolute Gasteiger partial charge is 0.255 e. The summed E-state index contributed by atoms with van der Waals surface area (Å²) in [4.78, 5) is 25.7. The van der Waals surface area contributed by atoms with E-state index in [1.165, 1.54) is 0 Å². The first kappa shape index (κ1) is 20.9. The standard InChI is InChI=1S/C26H23N5O/c1-19(29-25-18-28-17-24(31-25)22-12-8-14-27-16-22)21-11-7-13-23(15-21)30-26(32)20-9-5-3-2-4-6-10-20/h2-19H,1H3,(H,29,31)(H,30,32)/b3-2+,4-2?,5-3?,6-4+,9-5-,10-6?,20-9?,20-10+/t19-/m0/s1. The van der Waals surface area contributed by atoms with Gasteiger partial charge in [-0.15, -0.1) is 0 Å². The molecule has 1 amide bonds. The number of nitrogens with zero attached hydrogens (tertiary/aromatic N) is 3. The molecule has 1 atom stereocenters. The summed E-state index contributed by atoms with van der Waals surface area (Å²) < 4.78 is 0. The summed E-state index contributed by atoms with van der Waals surface area (Å²) in [5, 5.41) is 6.35.